The summed E-state index contributed by atoms with van der Waals surface area (Å²) in [5, 5.41) is 17.1. The van der Waals surface area contributed by atoms with Crippen LogP contribution >= 0.6 is 0 Å². The van der Waals surface area contributed by atoms with Crippen molar-refractivity contribution in [3.63, 3.8) is 0 Å². The molecule has 0 radical (unpaired) electrons. The number of aliphatic carboxylic acids is 1. The van der Waals surface area contributed by atoms with Crippen molar-refractivity contribution >= 4 is 23.7 Å². The van der Waals surface area contributed by atoms with E-state index in [2.05, 4.69) is 16.0 Å². The van der Waals surface area contributed by atoms with Crippen LogP contribution in [0.4, 0.5) is 0 Å². The number of benzene rings is 1. The predicted molar refractivity (Wildman–Crippen MR) is 126 cm³/mol. The van der Waals surface area contributed by atoms with Gasteiger partial charge in [-0.1, -0.05) is 64.4 Å². The Kier molecular flexibility index (Phi) is 11.6. The Balaban J connectivity index is 2.78. The minimum atomic E-state index is -1.13. The number of carboxylic acids is 1. The number of carbonyl (C=O) groups is 4. The van der Waals surface area contributed by atoms with Gasteiger partial charge >= 0.3 is 5.97 Å². The fourth-order valence-corrected chi connectivity index (χ4v) is 3.28. The lowest BCUT2D eigenvalue weighted by molar-refractivity contribution is -0.142. The van der Waals surface area contributed by atoms with Gasteiger partial charge in [0, 0.05) is 0 Å². The van der Waals surface area contributed by atoms with Crippen molar-refractivity contribution in [2.45, 2.75) is 78.0 Å². The third kappa shape index (κ3) is 9.61. The highest BCUT2D eigenvalue weighted by atomic mass is 16.4. The lowest BCUT2D eigenvalue weighted by Gasteiger charge is -2.27. The monoisotopic (exact) mass is 462 g/mol. The lowest BCUT2D eigenvalue weighted by atomic mass is 9.97. The van der Waals surface area contributed by atoms with Crippen molar-refractivity contribution in [2.75, 3.05) is 0 Å². The van der Waals surface area contributed by atoms with Crippen LogP contribution < -0.4 is 21.7 Å². The summed E-state index contributed by atoms with van der Waals surface area (Å²) in [6.45, 7) is 8.89. The van der Waals surface area contributed by atoms with E-state index in [4.69, 9.17) is 5.73 Å². The molecule has 0 aliphatic carbocycles. The minimum absolute atomic E-state index is 0.0707. The Hall–Kier alpha value is -2.94. The topological polar surface area (TPSA) is 151 Å². The first kappa shape index (κ1) is 28.1. The molecule has 1 aromatic rings. The summed E-state index contributed by atoms with van der Waals surface area (Å²) >= 11 is 0. The van der Waals surface area contributed by atoms with E-state index in [1.54, 1.807) is 0 Å². The molecule has 1 aromatic carbocycles. The second-order valence-electron chi connectivity index (χ2n) is 8.93. The van der Waals surface area contributed by atoms with Crippen LogP contribution in [0, 0.1) is 11.8 Å². The molecule has 0 aromatic heterocycles. The van der Waals surface area contributed by atoms with Gasteiger partial charge in [0.15, 0.2) is 0 Å². The summed E-state index contributed by atoms with van der Waals surface area (Å²) in [6, 6.07) is 5.59. The first-order valence-corrected chi connectivity index (χ1v) is 11.4. The highest BCUT2D eigenvalue weighted by Crippen LogP contribution is 2.10. The number of rotatable bonds is 13. The molecule has 0 saturated heterocycles. The SMILES string of the molecule is CCC(C)C(NC(=O)C(N)Cc1ccccc1)C(=O)NC(C)C(=O)NC(CC(C)C)C(=O)O. The van der Waals surface area contributed by atoms with E-state index in [1.165, 1.54) is 6.92 Å². The highest BCUT2D eigenvalue weighted by Gasteiger charge is 2.31. The number of hydrogen-bond donors (Lipinski definition) is 5. The zero-order chi connectivity index (χ0) is 25.1. The summed E-state index contributed by atoms with van der Waals surface area (Å²) in [5.41, 5.74) is 6.95. The number of carboxylic acid groups (broad SMARTS) is 1. The normalized spacial score (nSPS) is 15.6. The quantitative estimate of drug-likeness (QED) is 0.297. The van der Waals surface area contributed by atoms with Crippen molar-refractivity contribution in [1.29, 1.82) is 0 Å². The average Bonchev–Trinajstić information content (AvgIpc) is 2.76. The molecular formula is C24H38N4O5. The molecule has 9 heteroatoms. The number of nitrogens with two attached hydrogens (primary N) is 1. The van der Waals surface area contributed by atoms with E-state index in [9.17, 15) is 24.3 Å². The molecule has 5 unspecified atom stereocenters. The molecule has 33 heavy (non-hydrogen) atoms. The summed E-state index contributed by atoms with van der Waals surface area (Å²) < 4.78 is 0. The van der Waals surface area contributed by atoms with Gasteiger partial charge in [0.2, 0.25) is 17.7 Å². The van der Waals surface area contributed by atoms with Gasteiger partial charge in [-0.25, -0.2) is 4.79 Å². The largest absolute Gasteiger partial charge is 0.480 e. The minimum Gasteiger partial charge on any atom is -0.480 e. The molecule has 1 rings (SSSR count). The molecule has 3 amide bonds. The van der Waals surface area contributed by atoms with Crippen LogP contribution in [-0.2, 0) is 25.6 Å². The highest BCUT2D eigenvalue weighted by molar-refractivity contribution is 5.94. The van der Waals surface area contributed by atoms with E-state index in [-0.39, 0.29) is 18.3 Å². The molecule has 9 nitrogen and oxygen atoms in total. The smallest absolute Gasteiger partial charge is 0.326 e. The summed E-state index contributed by atoms with van der Waals surface area (Å²) in [4.78, 5) is 49.5. The maximum atomic E-state index is 12.9. The molecular weight excluding hydrogens is 424 g/mol. The Labute approximate surface area is 195 Å². The standard InChI is InChI=1S/C24H38N4O5/c1-6-15(4)20(28-22(30)18(25)13-17-10-8-7-9-11-17)23(31)26-16(5)21(29)27-19(24(32)33)12-14(2)3/h7-11,14-16,18-20H,6,12-13,25H2,1-5H3,(H,26,31)(H,27,29)(H,28,30)(H,32,33). The van der Waals surface area contributed by atoms with Gasteiger partial charge in [0.05, 0.1) is 6.04 Å². The van der Waals surface area contributed by atoms with Crippen molar-refractivity contribution in [2.24, 2.45) is 17.6 Å². The van der Waals surface area contributed by atoms with Gasteiger partial charge in [0.25, 0.3) is 0 Å². The maximum Gasteiger partial charge on any atom is 0.326 e. The predicted octanol–water partition coefficient (Wildman–Crippen LogP) is 1.21. The Morgan fingerprint density at radius 3 is 2.03 bits per heavy atom. The molecule has 0 fully saturated rings. The molecule has 0 spiro atoms. The van der Waals surface area contributed by atoms with Gasteiger partial charge in [-0.3, -0.25) is 14.4 Å². The average molecular weight is 463 g/mol. The molecule has 184 valence electrons. The summed E-state index contributed by atoms with van der Waals surface area (Å²) in [7, 11) is 0. The number of carbonyl (C=O) groups excluding carboxylic acids is 3. The molecule has 5 atom stereocenters. The Bertz CT molecular complexity index is 799. The first-order chi connectivity index (χ1) is 15.5. The molecule has 0 saturated carbocycles. The second kappa shape index (κ2) is 13.6. The van der Waals surface area contributed by atoms with Crippen LogP contribution in [0.5, 0.6) is 0 Å². The first-order valence-electron chi connectivity index (χ1n) is 11.4. The number of hydrogen-bond acceptors (Lipinski definition) is 5. The van der Waals surface area contributed by atoms with Crippen LogP contribution in [0.2, 0.25) is 0 Å². The van der Waals surface area contributed by atoms with E-state index in [0.717, 1.165) is 5.56 Å². The van der Waals surface area contributed by atoms with Crippen molar-refractivity contribution in [1.82, 2.24) is 16.0 Å². The maximum absolute atomic E-state index is 12.9. The molecule has 0 heterocycles. The summed E-state index contributed by atoms with van der Waals surface area (Å²) in [6.07, 6.45) is 1.21. The van der Waals surface area contributed by atoms with Crippen molar-refractivity contribution in [3.8, 4) is 0 Å². The van der Waals surface area contributed by atoms with E-state index < -0.39 is 47.9 Å². The fraction of sp³-hybridized carbons (Fsp3) is 0.583. The van der Waals surface area contributed by atoms with Gasteiger partial charge in [-0.05, 0) is 37.2 Å². The van der Waals surface area contributed by atoms with Crippen molar-refractivity contribution in [3.05, 3.63) is 35.9 Å². The number of nitrogens with one attached hydrogen (secondary N) is 3. The molecule has 0 bridgehead atoms. The van der Waals surface area contributed by atoms with E-state index in [1.807, 2.05) is 58.0 Å². The third-order valence-electron chi connectivity index (χ3n) is 5.50. The third-order valence-corrected chi connectivity index (χ3v) is 5.50. The van der Waals surface area contributed by atoms with Crippen LogP contribution in [-0.4, -0.2) is 53.0 Å². The zero-order valence-corrected chi connectivity index (χ0v) is 20.1. The Morgan fingerprint density at radius 2 is 1.52 bits per heavy atom. The molecule has 0 aliphatic rings. The van der Waals surface area contributed by atoms with Crippen LogP contribution in [0.3, 0.4) is 0 Å². The summed E-state index contributed by atoms with van der Waals surface area (Å²) in [5.74, 6) is -2.86. The van der Waals surface area contributed by atoms with Gasteiger partial charge in [-0.2, -0.15) is 0 Å². The number of amides is 3. The second-order valence-corrected chi connectivity index (χ2v) is 8.93. The van der Waals surface area contributed by atoms with Gasteiger partial charge < -0.3 is 26.8 Å². The zero-order valence-electron chi connectivity index (χ0n) is 20.1. The lowest BCUT2D eigenvalue weighted by Crippen LogP contribution is -2.58. The van der Waals surface area contributed by atoms with Gasteiger partial charge in [-0.15, -0.1) is 0 Å². The molecule has 0 aliphatic heterocycles. The van der Waals surface area contributed by atoms with Crippen LogP contribution in [0.1, 0.15) is 53.0 Å². The Morgan fingerprint density at radius 1 is 0.909 bits per heavy atom. The van der Waals surface area contributed by atoms with Crippen molar-refractivity contribution < 1.29 is 24.3 Å². The fourth-order valence-electron chi connectivity index (χ4n) is 3.28. The van der Waals surface area contributed by atoms with E-state index in [0.29, 0.717) is 12.8 Å². The van der Waals surface area contributed by atoms with Crippen LogP contribution in [0.25, 0.3) is 0 Å². The van der Waals surface area contributed by atoms with Gasteiger partial charge in [0.1, 0.15) is 18.1 Å². The van der Waals surface area contributed by atoms with Crippen LogP contribution in [0.15, 0.2) is 30.3 Å². The van der Waals surface area contributed by atoms with E-state index >= 15 is 0 Å². The molecule has 6 N–H and O–H groups in total.